The van der Waals surface area contributed by atoms with E-state index < -0.39 is 0 Å². The van der Waals surface area contributed by atoms with Gasteiger partial charge in [-0.15, -0.1) is 0 Å². The predicted molar refractivity (Wildman–Crippen MR) is 78.3 cm³/mol. The second-order valence-corrected chi connectivity index (χ2v) is 6.26. The van der Waals surface area contributed by atoms with E-state index >= 15 is 0 Å². The summed E-state index contributed by atoms with van der Waals surface area (Å²) in [6.45, 7) is 18.5. The van der Waals surface area contributed by atoms with Crippen LogP contribution in [0.15, 0.2) is 0 Å². The van der Waals surface area contributed by atoms with Gasteiger partial charge in [0.2, 0.25) is 0 Å². The fourth-order valence-electron chi connectivity index (χ4n) is 3.33. The first-order valence-electron chi connectivity index (χ1n) is 7.54. The minimum absolute atomic E-state index is 0.503. The summed E-state index contributed by atoms with van der Waals surface area (Å²) >= 11 is 0. The molecule has 0 N–H and O–H groups in total. The lowest BCUT2D eigenvalue weighted by Gasteiger charge is -2.33. The number of hydrogen-bond acceptors (Lipinski definition) is 0. The zero-order valence-electron chi connectivity index (χ0n) is 13.3. The molecule has 103 valence electrons. The number of hydrogen-bond donors (Lipinski definition) is 0. The van der Waals surface area contributed by atoms with E-state index in [1.54, 1.807) is 0 Å². The van der Waals surface area contributed by atoms with Crippen molar-refractivity contribution in [3.8, 4) is 0 Å². The maximum atomic E-state index is 5.06. The van der Waals surface area contributed by atoms with E-state index in [1.165, 1.54) is 12.8 Å². The summed E-state index contributed by atoms with van der Waals surface area (Å²) in [7, 11) is 0. The minimum Gasteiger partial charge on any atom is -0.235 e. The summed E-state index contributed by atoms with van der Waals surface area (Å²) in [5.74, 6) is 2.96. The summed E-state index contributed by atoms with van der Waals surface area (Å²) < 4.78 is 0. The molecule has 0 aromatic carbocycles. The average molecular weight is 240 g/mol. The Kier molecular flexibility index (Phi) is 8.11. The van der Waals surface area contributed by atoms with Gasteiger partial charge < -0.3 is 0 Å². The van der Waals surface area contributed by atoms with E-state index in [0.29, 0.717) is 12.1 Å². The number of nitrogens with zero attached hydrogens (tertiary/aromatic N) is 1. The van der Waals surface area contributed by atoms with Gasteiger partial charge in [0, 0.05) is 12.1 Å². The van der Waals surface area contributed by atoms with Crippen molar-refractivity contribution in [3.05, 3.63) is 0 Å². The topological polar surface area (TPSA) is 14.1 Å². The van der Waals surface area contributed by atoms with Gasteiger partial charge in [-0.2, -0.15) is 0 Å². The Morgan fingerprint density at radius 3 is 1.12 bits per heavy atom. The van der Waals surface area contributed by atoms with Crippen LogP contribution in [-0.2, 0) is 0 Å². The van der Waals surface area contributed by atoms with E-state index in [0.717, 1.165) is 23.7 Å². The van der Waals surface area contributed by atoms with Crippen molar-refractivity contribution in [1.82, 2.24) is 5.32 Å². The average Bonchev–Trinajstić information content (AvgIpc) is 2.17. The molecule has 0 amide bonds. The van der Waals surface area contributed by atoms with Gasteiger partial charge in [-0.3, -0.25) is 0 Å². The zero-order chi connectivity index (χ0) is 13.6. The number of rotatable bonds is 8. The molecule has 0 saturated carbocycles. The van der Waals surface area contributed by atoms with Gasteiger partial charge in [0.1, 0.15) is 0 Å². The van der Waals surface area contributed by atoms with Crippen molar-refractivity contribution >= 4 is 0 Å². The molecule has 0 aromatic rings. The molecule has 0 bridgehead atoms. The highest BCUT2D eigenvalue weighted by Gasteiger charge is 2.25. The van der Waals surface area contributed by atoms with Crippen molar-refractivity contribution in [2.45, 2.75) is 80.3 Å². The lowest BCUT2D eigenvalue weighted by atomic mass is 9.83. The second kappa shape index (κ2) is 8.13. The monoisotopic (exact) mass is 240 g/mol. The van der Waals surface area contributed by atoms with Gasteiger partial charge in [0.05, 0.1) is 0 Å². The summed E-state index contributed by atoms with van der Waals surface area (Å²) in [4.78, 5) is 0. The maximum absolute atomic E-state index is 5.06. The highest BCUT2D eigenvalue weighted by atomic mass is 15.0. The first-order valence-corrected chi connectivity index (χ1v) is 7.54. The first kappa shape index (κ1) is 17.0. The van der Waals surface area contributed by atoms with Crippen molar-refractivity contribution in [3.63, 3.8) is 0 Å². The SMILES string of the molecule is CCC(C(C)C)C(C)[N]C(C)C(CC)C(C)C. The molecule has 4 atom stereocenters. The third kappa shape index (κ3) is 5.42. The van der Waals surface area contributed by atoms with E-state index in [2.05, 4.69) is 55.4 Å². The Morgan fingerprint density at radius 1 is 0.647 bits per heavy atom. The van der Waals surface area contributed by atoms with Crippen LogP contribution in [0.3, 0.4) is 0 Å². The molecule has 17 heavy (non-hydrogen) atoms. The molecule has 0 heterocycles. The lowest BCUT2D eigenvalue weighted by molar-refractivity contribution is 0.208. The Bertz CT molecular complexity index is 166. The fourth-order valence-corrected chi connectivity index (χ4v) is 3.33. The van der Waals surface area contributed by atoms with Crippen LogP contribution in [0.5, 0.6) is 0 Å². The smallest absolute Gasteiger partial charge is 0.0251 e. The molecule has 0 aliphatic rings. The largest absolute Gasteiger partial charge is 0.235 e. The van der Waals surface area contributed by atoms with Gasteiger partial charge in [-0.05, 0) is 37.5 Å². The minimum atomic E-state index is 0.503. The first-order chi connectivity index (χ1) is 7.84. The predicted octanol–water partition coefficient (Wildman–Crippen LogP) is 4.73. The normalized spacial score (nSPS) is 19.4. The molecule has 0 fully saturated rings. The van der Waals surface area contributed by atoms with E-state index in [9.17, 15) is 0 Å². The van der Waals surface area contributed by atoms with Gasteiger partial charge >= 0.3 is 0 Å². The van der Waals surface area contributed by atoms with Crippen molar-refractivity contribution in [1.29, 1.82) is 0 Å². The Morgan fingerprint density at radius 2 is 0.941 bits per heavy atom. The molecule has 1 heteroatoms. The molecule has 0 aromatic heterocycles. The van der Waals surface area contributed by atoms with Crippen molar-refractivity contribution in [2.24, 2.45) is 23.7 Å². The van der Waals surface area contributed by atoms with E-state index in [4.69, 9.17) is 5.32 Å². The lowest BCUT2D eigenvalue weighted by Crippen LogP contribution is -2.40. The summed E-state index contributed by atoms with van der Waals surface area (Å²) in [6, 6.07) is 1.01. The van der Waals surface area contributed by atoms with Crippen LogP contribution < -0.4 is 5.32 Å². The van der Waals surface area contributed by atoms with Crippen LogP contribution in [0.2, 0.25) is 0 Å². The molecular formula is C16H34N. The molecule has 0 rings (SSSR count). The molecule has 0 saturated heterocycles. The molecular weight excluding hydrogens is 206 g/mol. The third-order valence-corrected chi connectivity index (χ3v) is 4.36. The molecule has 1 nitrogen and oxygen atoms in total. The second-order valence-electron chi connectivity index (χ2n) is 6.26. The highest BCUT2D eigenvalue weighted by Crippen LogP contribution is 2.24. The standard InChI is InChI=1S/C16H34N/c1-9-15(11(3)4)13(7)17-14(8)16(10-2)12(5)6/h11-16H,9-10H2,1-8H3. The molecule has 4 unspecified atom stereocenters. The maximum Gasteiger partial charge on any atom is 0.0251 e. The molecule has 0 aliphatic heterocycles. The van der Waals surface area contributed by atoms with E-state index in [1.807, 2.05) is 0 Å². The molecule has 1 radical (unpaired) electrons. The van der Waals surface area contributed by atoms with Crippen molar-refractivity contribution < 1.29 is 0 Å². The van der Waals surface area contributed by atoms with Gasteiger partial charge in [0.15, 0.2) is 0 Å². The molecule has 0 spiro atoms. The quantitative estimate of drug-likeness (QED) is 0.582. The summed E-state index contributed by atoms with van der Waals surface area (Å²) in [5.41, 5.74) is 0. The summed E-state index contributed by atoms with van der Waals surface area (Å²) in [5, 5.41) is 5.06. The van der Waals surface area contributed by atoms with Crippen LogP contribution in [0, 0.1) is 23.7 Å². The Labute approximate surface area is 110 Å². The fraction of sp³-hybridized carbons (Fsp3) is 1.00. The van der Waals surface area contributed by atoms with Crippen LogP contribution in [0.1, 0.15) is 68.2 Å². The zero-order valence-corrected chi connectivity index (χ0v) is 13.3. The van der Waals surface area contributed by atoms with Gasteiger partial charge in [0.25, 0.3) is 0 Å². The van der Waals surface area contributed by atoms with Gasteiger partial charge in [-0.25, -0.2) is 5.32 Å². The van der Waals surface area contributed by atoms with Gasteiger partial charge in [-0.1, -0.05) is 54.4 Å². The van der Waals surface area contributed by atoms with Crippen LogP contribution in [-0.4, -0.2) is 12.1 Å². The van der Waals surface area contributed by atoms with Crippen molar-refractivity contribution in [2.75, 3.05) is 0 Å². The third-order valence-electron chi connectivity index (χ3n) is 4.36. The van der Waals surface area contributed by atoms with Crippen LogP contribution in [0.25, 0.3) is 0 Å². The van der Waals surface area contributed by atoms with Crippen LogP contribution in [0.4, 0.5) is 0 Å². The Balaban J connectivity index is 4.39. The van der Waals surface area contributed by atoms with E-state index in [-0.39, 0.29) is 0 Å². The summed E-state index contributed by atoms with van der Waals surface area (Å²) in [6.07, 6.45) is 2.49. The molecule has 0 aliphatic carbocycles. The van der Waals surface area contributed by atoms with Crippen LogP contribution >= 0.6 is 0 Å². The Hall–Kier alpha value is -0.0400. The highest BCUT2D eigenvalue weighted by molar-refractivity contribution is 4.80.